The number of hydrogen-bond donors (Lipinski definition) is 2. The van der Waals surface area contributed by atoms with Crippen LogP contribution in [0.4, 0.5) is 5.69 Å². The van der Waals surface area contributed by atoms with E-state index in [1.807, 2.05) is 6.07 Å². The molecule has 92 valence electrons. The highest BCUT2D eigenvalue weighted by atomic mass is 16.3. The SMILES string of the molecule is NCC1CCC2CCc3c(O)cccc3N2C1. The van der Waals surface area contributed by atoms with E-state index in [1.54, 1.807) is 6.07 Å². The standard InChI is InChI=1S/C14H20N2O/c15-8-10-4-5-11-6-7-12-13(16(11)9-10)2-1-3-14(12)17/h1-3,10-11,17H,4-9,15H2. The van der Waals surface area contributed by atoms with Gasteiger partial charge in [0.05, 0.1) is 0 Å². The molecule has 2 unspecified atom stereocenters. The van der Waals surface area contributed by atoms with Crippen molar-refractivity contribution >= 4 is 5.69 Å². The summed E-state index contributed by atoms with van der Waals surface area (Å²) in [6.07, 6.45) is 4.68. The Balaban J connectivity index is 1.95. The minimum Gasteiger partial charge on any atom is -0.508 e. The fraction of sp³-hybridized carbons (Fsp3) is 0.571. The summed E-state index contributed by atoms with van der Waals surface area (Å²) < 4.78 is 0. The molecule has 3 heteroatoms. The molecule has 2 aliphatic heterocycles. The van der Waals surface area contributed by atoms with Crippen LogP contribution in [0, 0.1) is 5.92 Å². The lowest BCUT2D eigenvalue weighted by atomic mass is 9.85. The molecule has 3 N–H and O–H groups in total. The zero-order chi connectivity index (χ0) is 11.8. The summed E-state index contributed by atoms with van der Waals surface area (Å²) >= 11 is 0. The van der Waals surface area contributed by atoms with Crippen LogP contribution in [-0.2, 0) is 6.42 Å². The summed E-state index contributed by atoms with van der Waals surface area (Å²) in [5, 5.41) is 9.92. The lowest BCUT2D eigenvalue weighted by Gasteiger charge is -2.45. The monoisotopic (exact) mass is 232 g/mol. The smallest absolute Gasteiger partial charge is 0.120 e. The Hall–Kier alpha value is -1.22. The molecule has 0 amide bonds. The number of rotatable bonds is 1. The Kier molecular flexibility index (Phi) is 2.71. The average Bonchev–Trinajstić information content (AvgIpc) is 2.38. The van der Waals surface area contributed by atoms with Gasteiger partial charge in [-0.2, -0.15) is 0 Å². The largest absolute Gasteiger partial charge is 0.508 e. The highest BCUT2D eigenvalue weighted by Crippen LogP contribution is 2.39. The zero-order valence-electron chi connectivity index (χ0n) is 10.1. The highest BCUT2D eigenvalue weighted by Gasteiger charge is 2.32. The number of nitrogens with two attached hydrogens (primary N) is 1. The minimum atomic E-state index is 0.454. The van der Waals surface area contributed by atoms with Gasteiger partial charge < -0.3 is 15.7 Å². The number of benzene rings is 1. The van der Waals surface area contributed by atoms with E-state index < -0.39 is 0 Å². The molecule has 2 heterocycles. The first-order valence-corrected chi connectivity index (χ1v) is 6.57. The second-order valence-corrected chi connectivity index (χ2v) is 5.30. The number of piperidine rings is 1. The second-order valence-electron chi connectivity index (χ2n) is 5.30. The number of aromatic hydroxyl groups is 1. The van der Waals surface area contributed by atoms with Crippen LogP contribution in [0.1, 0.15) is 24.8 Å². The Morgan fingerprint density at radius 3 is 3.00 bits per heavy atom. The van der Waals surface area contributed by atoms with Gasteiger partial charge in [-0.15, -0.1) is 0 Å². The average molecular weight is 232 g/mol. The Labute approximate surface area is 102 Å². The fourth-order valence-electron chi connectivity index (χ4n) is 3.29. The first kappa shape index (κ1) is 10.9. The maximum Gasteiger partial charge on any atom is 0.120 e. The van der Waals surface area contributed by atoms with Crippen molar-refractivity contribution in [1.82, 2.24) is 0 Å². The van der Waals surface area contributed by atoms with E-state index in [0.717, 1.165) is 25.1 Å². The third kappa shape index (κ3) is 1.78. The lowest BCUT2D eigenvalue weighted by Crippen LogP contribution is -2.47. The van der Waals surface area contributed by atoms with Gasteiger partial charge in [0.1, 0.15) is 5.75 Å². The summed E-state index contributed by atoms with van der Waals surface area (Å²) in [6.45, 7) is 1.83. The quantitative estimate of drug-likeness (QED) is 0.777. The van der Waals surface area contributed by atoms with Gasteiger partial charge in [0.25, 0.3) is 0 Å². The van der Waals surface area contributed by atoms with Crippen molar-refractivity contribution in [2.24, 2.45) is 11.7 Å². The molecular formula is C14H20N2O. The van der Waals surface area contributed by atoms with E-state index in [-0.39, 0.29) is 0 Å². The third-order valence-electron chi connectivity index (χ3n) is 4.30. The molecule has 0 aromatic heterocycles. The normalized spacial score (nSPS) is 27.5. The van der Waals surface area contributed by atoms with Gasteiger partial charge in [0.15, 0.2) is 0 Å². The number of nitrogens with zero attached hydrogens (tertiary/aromatic N) is 1. The van der Waals surface area contributed by atoms with Crippen molar-refractivity contribution in [1.29, 1.82) is 0 Å². The van der Waals surface area contributed by atoms with E-state index in [2.05, 4.69) is 11.0 Å². The molecule has 1 aromatic rings. The van der Waals surface area contributed by atoms with Crippen LogP contribution < -0.4 is 10.6 Å². The van der Waals surface area contributed by atoms with Gasteiger partial charge in [-0.3, -0.25) is 0 Å². The number of fused-ring (bicyclic) bond motifs is 3. The van der Waals surface area contributed by atoms with Gasteiger partial charge in [0.2, 0.25) is 0 Å². The number of hydrogen-bond acceptors (Lipinski definition) is 3. The molecule has 1 aromatic carbocycles. The van der Waals surface area contributed by atoms with Gasteiger partial charge in [0, 0.05) is 23.8 Å². The van der Waals surface area contributed by atoms with Crippen molar-refractivity contribution in [3.05, 3.63) is 23.8 Å². The van der Waals surface area contributed by atoms with E-state index in [1.165, 1.54) is 24.9 Å². The van der Waals surface area contributed by atoms with Crippen LogP contribution in [-0.4, -0.2) is 24.2 Å². The third-order valence-corrected chi connectivity index (χ3v) is 4.30. The van der Waals surface area contributed by atoms with Crippen LogP contribution in [0.5, 0.6) is 5.75 Å². The molecule has 1 fully saturated rings. The maximum atomic E-state index is 9.92. The molecule has 17 heavy (non-hydrogen) atoms. The van der Waals surface area contributed by atoms with Crippen molar-refractivity contribution in [2.45, 2.75) is 31.7 Å². The summed E-state index contributed by atoms with van der Waals surface area (Å²) in [5.74, 6) is 1.07. The van der Waals surface area contributed by atoms with Gasteiger partial charge in [-0.25, -0.2) is 0 Å². The molecule has 1 saturated heterocycles. The molecule has 3 nitrogen and oxygen atoms in total. The van der Waals surface area contributed by atoms with Crippen molar-refractivity contribution < 1.29 is 5.11 Å². The van der Waals surface area contributed by atoms with Crippen LogP contribution in [0.25, 0.3) is 0 Å². The fourth-order valence-corrected chi connectivity index (χ4v) is 3.29. The molecular weight excluding hydrogens is 212 g/mol. The summed E-state index contributed by atoms with van der Waals surface area (Å²) in [6, 6.07) is 6.54. The number of phenolic OH excluding ortho intramolecular Hbond substituents is 1. The first-order chi connectivity index (χ1) is 8.29. The minimum absolute atomic E-state index is 0.454. The maximum absolute atomic E-state index is 9.92. The van der Waals surface area contributed by atoms with Crippen molar-refractivity contribution in [3.63, 3.8) is 0 Å². The topological polar surface area (TPSA) is 49.5 Å². The summed E-state index contributed by atoms with van der Waals surface area (Å²) in [7, 11) is 0. The molecule has 3 rings (SSSR count). The summed E-state index contributed by atoms with van der Waals surface area (Å²) in [4.78, 5) is 2.47. The van der Waals surface area contributed by atoms with E-state index in [4.69, 9.17) is 5.73 Å². The molecule has 0 radical (unpaired) electrons. The molecule has 2 aliphatic rings. The first-order valence-electron chi connectivity index (χ1n) is 6.57. The zero-order valence-corrected chi connectivity index (χ0v) is 10.1. The Morgan fingerprint density at radius 1 is 1.29 bits per heavy atom. The second kappa shape index (κ2) is 4.22. The van der Waals surface area contributed by atoms with E-state index in [9.17, 15) is 5.11 Å². The summed E-state index contributed by atoms with van der Waals surface area (Å²) in [5.41, 5.74) is 8.16. The Morgan fingerprint density at radius 2 is 2.18 bits per heavy atom. The predicted octanol–water partition coefficient (Wildman–Crippen LogP) is 1.88. The molecule has 0 spiro atoms. The van der Waals surface area contributed by atoms with Crippen LogP contribution in [0.15, 0.2) is 18.2 Å². The number of anilines is 1. The molecule has 0 bridgehead atoms. The van der Waals surface area contributed by atoms with Crippen molar-refractivity contribution in [2.75, 3.05) is 18.0 Å². The van der Waals surface area contributed by atoms with Gasteiger partial charge in [-0.05, 0) is 50.3 Å². The molecule has 0 saturated carbocycles. The van der Waals surface area contributed by atoms with Crippen LogP contribution in [0.2, 0.25) is 0 Å². The van der Waals surface area contributed by atoms with E-state index in [0.29, 0.717) is 17.7 Å². The van der Waals surface area contributed by atoms with Gasteiger partial charge in [-0.1, -0.05) is 6.07 Å². The molecule has 2 atom stereocenters. The predicted molar refractivity (Wildman–Crippen MR) is 69.3 cm³/mol. The van der Waals surface area contributed by atoms with Crippen LogP contribution in [0.3, 0.4) is 0 Å². The lowest BCUT2D eigenvalue weighted by molar-refractivity contribution is 0.338. The highest BCUT2D eigenvalue weighted by molar-refractivity contribution is 5.61. The number of phenols is 1. The molecule has 0 aliphatic carbocycles. The van der Waals surface area contributed by atoms with Crippen molar-refractivity contribution in [3.8, 4) is 5.75 Å². The van der Waals surface area contributed by atoms with Crippen LogP contribution >= 0.6 is 0 Å². The Bertz CT molecular complexity index is 419. The van der Waals surface area contributed by atoms with E-state index >= 15 is 0 Å². The van der Waals surface area contributed by atoms with Gasteiger partial charge >= 0.3 is 0 Å².